The number of unbranched alkanes of at least 4 members (excludes halogenated alkanes) is 4. The minimum atomic E-state index is -1.19. The lowest BCUT2D eigenvalue weighted by Crippen LogP contribution is -2.48. The van der Waals surface area contributed by atoms with Crippen LogP contribution in [0.3, 0.4) is 0 Å². The van der Waals surface area contributed by atoms with Crippen molar-refractivity contribution in [2.24, 2.45) is 11.8 Å². The van der Waals surface area contributed by atoms with Crippen molar-refractivity contribution in [3.05, 3.63) is 0 Å². The highest BCUT2D eigenvalue weighted by Gasteiger charge is 2.25. The molecule has 2 atom stereocenters. The molecule has 200 valence electrons. The summed E-state index contributed by atoms with van der Waals surface area (Å²) >= 11 is 0. The Balaban J connectivity index is 3.98. The van der Waals surface area contributed by atoms with E-state index in [-0.39, 0.29) is 37.8 Å². The first kappa shape index (κ1) is 31.8. The minimum Gasteiger partial charge on any atom is -0.480 e. The van der Waals surface area contributed by atoms with Crippen LogP contribution in [0.15, 0.2) is 0 Å². The first-order valence-corrected chi connectivity index (χ1v) is 12.0. The largest absolute Gasteiger partial charge is 0.480 e. The van der Waals surface area contributed by atoms with E-state index in [0.29, 0.717) is 12.8 Å². The van der Waals surface area contributed by atoms with E-state index in [1.165, 1.54) is 0 Å². The smallest absolute Gasteiger partial charge is 0.326 e. The molecular weight excluding hydrogens is 460 g/mol. The fraction of sp³-hybridized carbons (Fsp3) is 0.739. The molecule has 0 heterocycles. The van der Waals surface area contributed by atoms with E-state index >= 15 is 0 Å². The number of nitrogens with one attached hydrogen (secondary N) is 4. The van der Waals surface area contributed by atoms with Crippen molar-refractivity contribution >= 4 is 35.6 Å². The molecule has 12 nitrogen and oxygen atoms in total. The van der Waals surface area contributed by atoms with Gasteiger partial charge >= 0.3 is 35.6 Å². The molecular formula is C23H40N4O8. The van der Waals surface area contributed by atoms with Crippen molar-refractivity contribution in [2.75, 3.05) is 13.1 Å². The van der Waals surface area contributed by atoms with E-state index in [9.17, 15) is 28.8 Å². The zero-order valence-corrected chi connectivity index (χ0v) is 21.0. The molecule has 2 unspecified atom stereocenters. The predicted octanol–water partition coefficient (Wildman–Crippen LogP) is 0.400. The molecule has 0 aromatic rings. The van der Waals surface area contributed by atoms with Gasteiger partial charge < -0.3 is 31.5 Å². The van der Waals surface area contributed by atoms with E-state index in [0.717, 1.165) is 19.3 Å². The summed E-state index contributed by atoms with van der Waals surface area (Å²) in [7, 11) is 0. The Morgan fingerprint density at radius 2 is 0.857 bits per heavy atom. The molecule has 0 aromatic heterocycles. The van der Waals surface area contributed by atoms with Gasteiger partial charge in [-0.05, 0) is 37.5 Å². The lowest BCUT2D eigenvalue weighted by atomic mass is 10.0. The number of hydrogen-bond acceptors (Lipinski definition) is 6. The molecule has 0 radical (unpaired) electrons. The van der Waals surface area contributed by atoms with Gasteiger partial charge in [0.2, 0.25) is 0 Å². The number of aliphatic carboxylic acids is 2. The lowest BCUT2D eigenvalue weighted by molar-refractivity contribution is -0.145. The third-order valence-corrected chi connectivity index (χ3v) is 4.96. The Bertz CT molecular complexity index is 679. The van der Waals surface area contributed by atoms with Gasteiger partial charge in [0, 0.05) is 13.1 Å². The van der Waals surface area contributed by atoms with Crippen molar-refractivity contribution in [1.29, 1.82) is 0 Å². The summed E-state index contributed by atoms with van der Waals surface area (Å²) < 4.78 is 0. The van der Waals surface area contributed by atoms with Crippen molar-refractivity contribution in [3.8, 4) is 0 Å². The Morgan fingerprint density at radius 3 is 1.14 bits per heavy atom. The number of rotatable bonds is 16. The van der Waals surface area contributed by atoms with Gasteiger partial charge in [-0.1, -0.05) is 47.0 Å². The highest BCUT2D eigenvalue weighted by atomic mass is 16.4. The zero-order valence-electron chi connectivity index (χ0n) is 21.0. The molecule has 0 spiro atoms. The maximum absolute atomic E-state index is 11.8. The van der Waals surface area contributed by atoms with Gasteiger partial charge in [0.25, 0.3) is 0 Å². The molecule has 12 heteroatoms. The second-order valence-electron chi connectivity index (χ2n) is 9.27. The van der Waals surface area contributed by atoms with Gasteiger partial charge in [0.05, 0.1) is 0 Å². The van der Waals surface area contributed by atoms with Crippen LogP contribution in [0.2, 0.25) is 0 Å². The molecule has 0 aliphatic heterocycles. The van der Waals surface area contributed by atoms with Crippen LogP contribution in [0.5, 0.6) is 0 Å². The van der Waals surface area contributed by atoms with Crippen LogP contribution >= 0.6 is 0 Å². The summed E-state index contributed by atoms with van der Waals surface area (Å²) in [5.41, 5.74) is 0. The van der Waals surface area contributed by atoms with E-state index < -0.39 is 47.7 Å². The summed E-state index contributed by atoms with van der Waals surface area (Å²) in [6.45, 7) is 7.81. The quantitative estimate of drug-likeness (QED) is 0.130. The average molecular weight is 501 g/mol. The highest BCUT2D eigenvalue weighted by molar-refractivity contribution is 6.35. The summed E-state index contributed by atoms with van der Waals surface area (Å²) in [4.78, 5) is 69.6. The van der Waals surface area contributed by atoms with Gasteiger partial charge in [-0.25, -0.2) is 9.59 Å². The molecule has 0 bridgehead atoms. The molecule has 35 heavy (non-hydrogen) atoms. The van der Waals surface area contributed by atoms with Crippen molar-refractivity contribution in [2.45, 2.75) is 84.7 Å². The fourth-order valence-corrected chi connectivity index (χ4v) is 3.18. The van der Waals surface area contributed by atoms with Gasteiger partial charge in [0.15, 0.2) is 0 Å². The van der Waals surface area contributed by atoms with E-state index in [4.69, 9.17) is 10.2 Å². The third-order valence-electron chi connectivity index (χ3n) is 4.96. The summed E-state index contributed by atoms with van der Waals surface area (Å²) in [5.74, 6) is -5.99. The van der Waals surface area contributed by atoms with Crippen LogP contribution in [-0.2, 0) is 28.8 Å². The molecule has 0 fully saturated rings. The third kappa shape index (κ3) is 15.4. The highest BCUT2D eigenvalue weighted by Crippen LogP contribution is 2.06. The fourth-order valence-electron chi connectivity index (χ4n) is 3.18. The lowest BCUT2D eigenvalue weighted by Gasteiger charge is -2.16. The Hall–Kier alpha value is -3.18. The average Bonchev–Trinajstić information content (AvgIpc) is 2.75. The number of carboxylic acids is 2. The van der Waals surface area contributed by atoms with Crippen molar-refractivity contribution in [1.82, 2.24) is 21.3 Å². The summed E-state index contributed by atoms with van der Waals surface area (Å²) in [6, 6.07) is -2.23. The van der Waals surface area contributed by atoms with Crippen LogP contribution < -0.4 is 21.3 Å². The molecule has 0 aliphatic rings. The van der Waals surface area contributed by atoms with Gasteiger partial charge in [-0.15, -0.1) is 0 Å². The number of carbonyl (C=O) groups excluding carboxylic acids is 4. The maximum Gasteiger partial charge on any atom is 0.326 e. The minimum absolute atomic E-state index is 0.0453. The standard InChI is InChI=1S/C23H40N4O8/c1-14(2)12-16(22(32)33)26-20(30)18(28)24-10-8-6-5-7-9-11-25-19(29)21(31)27-17(23(34)35)13-15(3)4/h14-17H,5-13H2,1-4H3,(H,24,28)(H,25,29)(H,26,30)(H,27,31)(H,32,33)(H,34,35). The zero-order chi connectivity index (χ0) is 27.0. The second kappa shape index (κ2) is 17.3. The topological polar surface area (TPSA) is 191 Å². The first-order valence-electron chi connectivity index (χ1n) is 12.0. The Labute approximate surface area is 206 Å². The van der Waals surface area contributed by atoms with Crippen LogP contribution in [0, 0.1) is 11.8 Å². The molecule has 4 amide bonds. The van der Waals surface area contributed by atoms with Crippen LogP contribution in [-0.4, -0.2) is 71.0 Å². The van der Waals surface area contributed by atoms with Gasteiger partial charge in [-0.2, -0.15) is 0 Å². The molecule has 0 saturated carbocycles. The Kier molecular flexibility index (Phi) is 15.7. The first-order chi connectivity index (χ1) is 16.3. The monoisotopic (exact) mass is 500 g/mol. The number of carboxylic acid groups (broad SMARTS) is 2. The molecule has 6 N–H and O–H groups in total. The molecule has 0 rings (SSSR count). The van der Waals surface area contributed by atoms with E-state index in [1.807, 2.05) is 27.7 Å². The predicted molar refractivity (Wildman–Crippen MR) is 127 cm³/mol. The Morgan fingerprint density at radius 1 is 0.543 bits per heavy atom. The van der Waals surface area contributed by atoms with E-state index in [2.05, 4.69) is 21.3 Å². The second-order valence-corrected chi connectivity index (χ2v) is 9.27. The normalized spacial score (nSPS) is 12.5. The molecule has 0 saturated heterocycles. The number of carbonyl (C=O) groups is 6. The van der Waals surface area contributed by atoms with E-state index in [1.54, 1.807) is 0 Å². The van der Waals surface area contributed by atoms with Gasteiger partial charge in [0.1, 0.15) is 12.1 Å². The maximum atomic E-state index is 11.8. The summed E-state index contributed by atoms with van der Waals surface area (Å²) in [6.07, 6.45) is 4.01. The SMILES string of the molecule is CC(C)CC(NC(=O)C(=O)NCCCCCCCNC(=O)C(=O)NC(CC(C)C)C(=O)O)C(=O)O. The molecule has 0 aliphatic carbocycles. The molecule has 0 aromatic carbocycles. The summed E-state index contributed by atoms with van der Waals surface area (Å²) in [5, 5.41) is 27.6. The van der Waals surface area contributed by atoms with Crippen LogP contribution in [0.1, 0.15) is 72.6 Å². The van der Waals surface area contributed by atoms with Crippen LogP contribution in [0.4, 0.5) is 0 Å². The van der Waals surface area contributed by atoms with Gasteiger partial charge in [-0.3, -0.25) is 19.2 Å². The number of hydrogen-bond donors (Lipinski definition) is 6. The van der Waals surface area contributed by atoms with Crippen molar-refractivity contribution in [3.63, 3.8) is 0 Å². The number of amides is 4. The van der Waals surface area contributed by atoms with Crippen LogP contribution in [0.25, 0.3) is 0 Å². The van der Waals surface area contributed by atoms with Crippen molar-refractivity contribution < 1.29 is 39.0 Å².